The Bertz CT molecular complexity index is 716. The molecular weight excluding hydrogens is 355 g/mol. The first kappa shape index (κ1) is 14.5. The van der Waals surface area contributed by atoms with E-state index in [9.17, 15) is 9.18 Å². The van der Waals surface area contributed by atoms with Crippen LogP contribution >= 0.6 is 27.3 Å². The molecular formula is C15H14BrFN2OS. The summed E-state index contributed by atoms with van der Waals surface area (Å²) in [6, 6.07) is 4.73. The van der Waals surface area contributed by atoms with Crippen molar-refractivity contribution < 1.29 is 9.18 Å². The van der Waals surface area contributed by atoms with Gasteiger partial charge >= 0.3 is 0 Å². The van der Waals surface area contributed by atoms with Crippen molar-refractivity contribution in [1.29, 1.82) is 0 Å². The van der Waals surface area contributed by atoms with Gasteiger partial charge in [-0.2, -0.15) is 0 Å². The van der Waals surface area contributed by atoms with Gasteiger partial charge in [0, 0.05) is 15.9 Å². The fraction of sp³-hybridized carbons (Fsp3) is 0.267. The Morgan fingerprint density at radius 2 is 2.29 bits per heavy atom. The molecule has 3 nitrogen and oxygen atoms in total. The van der Waals surface area contributed by atoms with Crippen LogP contribution in [-0.2, 0) is 6.42 Å². The first-order valence-corrected chi connectivity index (χ1v) is 8.28. The molecule has 2 N–H and O–H groups in total. The molecule has 0 spiro atoms. The maximum absolute atomic E-state index is 13.4. The molecule has 0 saturated carbocycles. The fourth-order valence-corrected chi connectivity index (χ4v) is 4.12. The van der Waals surface area contributed by atoms with Crippen LogP contribution in [0.4, 0.5) is 10.1 Å². The largest absolute Gasteiger partial charge is 0.396 e. The number of fused-ring (bicyclic) bond motifs is 1. The molecule has 0 radical (unpaired) electrons. The van der Waals surface area contributed by atoms with Crippen molar-refractivity contribution in [2.45, 2.75) is 19.4 Å². The Kier molecular flexibility index (Phi) is 3.75. The van der Waals surface area contributed by atoms with Crippen LogP contribution in [-0.4, -0.2) is 17.4 Å². The van der Waals surface area contributed by atoms with E-state index in [4.69, 9.17) is 5.73 Å². The van der Waals surface area contributed by atoms with Gasteiger partial charge in [-0.1, -0.05) is 0 Å². The summed E-state index contributed by atoms with van der Waals surface area (Å²) in [5.41, 5.74) is 7.18. The topological polar surface area (TPSA) is 46.3 Å². The summed E-state index contributed by atoms with van der Waals surface area (Å²) in [5.74, 6) is -0.650. The molecule has 110 valence electrons. The van der Waals surface area contributed by atoms with Gasteiger partial charge in [-0.15, -0.1) is 11.3 Å². The molecule has 0 bridgehead atoms. The number of benzene rings is 1. The van der Waals surface area contributed by atoms with Crippen LogP contribution < -0.4 is 5.73 Å². The second kappa shape index (κ2) is 5.42. The molecule has 1 atom stereocenters. The second-order valence-electron chi connectivity index (χ2n) is 5.08. The molecule has 3 rings (SSSR count). The van der Waals surface area contributed by atoms with Crippen LogP contribution in [0.3, 0.4) is 0 Å². The van der Waals surface area contributed by atoms with Crippen LogP contribution in [0.25, 0.3) is 0 Å². The highest BCUT2D eigenvalue weighted by molar-refractivity contribution is 9.10. The van der Waals surface area contributed by atoms with Gasteiger partial charge in [0.05, 0.1) is 17.3 Å². The number of nitrogen functional groups attached to an aromatic ring is 1. The summed E-state index contributed by atoms with van der Waals surface area (Å²) in [5, 5.41) is 2.06. The summed E-state index contributed by atoms with van der Waals surface area (Å²) in [4.78, 5) is 15.9. The van der Waals surface area contributed by atoms with Gasteiger partial charge in [0.2, 0.25) is 0 Å². The lowest BCUT2D eigenvalue weighted by molar-refractivity contribution is 0.0678. The van der Waals surface area contributed by atoms with Crippen LogP contribution in [0, 0.1) is 5.82 Å². The van der Waals surface area contributed by atoms with Crippen LogP contribution in [0.5, 0.6) is 0 Å². The number of thiophene rings is 1. The number of anilines is 1. The number of rotatable bonds is 1. The average Bonchev–Trinajstić information content (AvgIpc) is 2.92. The van der Waals surface area contributed by atoms with Crippen LogP contribution in [0.2, 0.25) is 0 Å². The van der Waals surface area contributed by atoms with Gasteiger partial charge in [-0.05, 0) is 58.4 Å². The van der Waals surface area contributed by atoms with Crippen molar-refractivity contribution in [1.82, 2.24) is 4.90 Å². The van der Waals surface area contributed by atoms with Gasteiger partial charge < -0.3 is 10.6 Å². The Balaban J connectivity index is 1.95. The summed E-state index contributed by atoms with van der Waals surface area (Å²) in [6.45, 7) is 2.68. The zero-order chi connectivity index (χ0) is 15.1. The van der Waals surface area contributed by atoms with E-state index < -0.39 is 5.82 Å². The minimum Gasteiger partial charge on any atom is -0.396 e. The van der Waals surface area contributed by atoms with E-state index in [0.29, 0.717) is 16.6 Å². The summed E-state index contributed by atoms with van der Waals surface area (Å²) in [7, 11) is 0. The molecule has 21 heavy (non-hydrogen) atoms. The Morgan fingerprint density at radius 1 is 1.52 bits per heavy atom. The fourth-order valence-electron chi connectivity index (χ4n) is 2.67. The van der Waals surface area contributed by atoms with Crippen molar-refractivity contribution in [2.75, 3.05) is 12.3 Å². The molecule has 1 aliphatic rings. The number of nitrogens with two attached hydrogens (primary N) is 1. The van der Waals surface area contributed by atoms with Crippen LogP contribution in [0.1, 0.15) is 33.8 Å². The lowest BCUT2D eigenvalue weighted by Gasteiger charge is -2.34. The highest BCUT2D eigenvalue weighted by Gasteiger charge is 2.30. The Hall–Kier alpha value is -1.40. The number of hydrogen-bond acceptors (Lipinski definition) is 3. The van der Waals surface area contributed by atoms with E-state index in [-0.39, 0.29) is 17.6 Å². The van der Waals surface area contributed by atoms with E-state index in [2.05, 4.69) is 27.4 Å². The SMILES string of the molecule is CC1c2ccsc2CCN1C(=O)c1cc(N)c(F)cc1Br. The number of carbonyl (C=O) groups excluding carboxylic acids is 1. The first-order valence-electron chi connectivity index (χ1n) is 6.60. The summed E-state index contributed by atoms with van der Waals surface area (Å²) < 4.78 is 13.9. The predicted octanol–water partition coefficient (Wildman–Crippen LogP) is 3.99. The van der Waals surface area contributed by atoms with Gasteiger partial charge in [0.15, 0.2) is 0 Å². The lowest BCUT2D eigenvalue weighted by Crippen LogP contribution is -2.38. The minimum atomic E-state index is -0.523. The van der Waals surface area contributed by atoms with Crippen LogP contribution in [0.15, 0.2) is 28.1 Å². The molecule has 6 heteroatoms. The molecule has 1 unspecified atom stereocenters. The molecule has 1 aromatic carbocycles. The standard InChI is InChI=1S/C15H14BrFN2OS/c1-8-9-3-5-21-14(9)2-4-19(8)15(20)10-6-13(18)12(17)7-11(10)16/h3,5-8H,2,4,18H2,1H3. The predicted molar refractivity (Wildman–Crippen MR) is 86.0 cm³/mol. The zero-order valence-electron chi connectivity index (χ0n) is 11.4. The third-order valence-corrected chi connectivity index (χ3v) is 5.51. The first-order chi connectivity index (χ1) is 9.99. The van der Waals surface area contributed by atoms with E-state index in [1.54, 1.807) is 11.3 Å². The number of halogens is 2. The van der Waals surface area contributed by atoms with Gasteiger partial charge in [0.25, 0.3) is 5.91 Å². The van der Waals surface area contributed by atoms with E-state index >= 15 is 0 Å². The van der Waals surface area contributed by atoms with Gasteiger partial charge in [-0.3, -0.25) is 4.79 Å². The van der Waals surface area contributed by atoms with Gasteiger partial charge in [0.1, 0.15) is 5.82 Å². The monoisotopic (exact) mass is 368 g/mol. The normalized spacial score (nSPS) is 17.7. The zero-order valence-corrected chi connectivity index (χ0v) is 13.8. The van der Waals surface area contributed by atoms with Crippen molar-refractivity contribution >= 4 is 38.9 Å². The molecule has 0 fully saturated rings. The average molecular weight is 369 g/mol. The summed E-state index contributed by atoms with van der Waals surface area (Å²) >= 11 is 4.98. The van der Waals surface area contributed by atoms with E-state index in [1.165, 1.54) is 22.6 Å². The van der Waals surface area contributed by atoms with Crippen molar-refractivity contribution in [3.8, 4) is 0 Å². The lowest BCUT2D eigenvalue weighted by atomic mass is 10.00. The molecule has 0 aliphatic carbocycles. The minimum absolute atomic E-state index is 0.0116. The van der Waals surface area contributed by atoms with E-state index in [0.717, 1.165) is 6.42 Å². The highest BCUT2D eigenvalue weighted by Crippen LogP contribution is 2.35. The van der Waals surface area contributed by atoms with E-state index in [1.807, 2.05) is 11.8 Å². The third-order valence-electron chi connectivity index (χ3n) is 3.85. The third kappa shape index (κ3) is 2.46. The maximum Gasteiger partial charge on any atom is 0.255 e. The Morgan fingerprint density at radius 3 is 3.05 bits per heavy atom. The van der Waals surface area contributed by atoms with Crippen molar-refractivity contribution in [3.63, 3.8) is 0 Å². The van der Waals surface area contributed by atoms with Gasteiger partial charge in [-0.25, -0.2) is 4.39 Å². The number of hydrogen-bond donors (Lipinski definition) is 1. The molecule has 2 aromatic rings. The highest BCUT2D eigenvalue weighted by atomic mass is 79.9. The molecule has 0 saturated heterocycles. The number of nitrogens with zero attached hydrogens (tertiary/aromatic N) is 1. The van der Waals surface area contributed by atoms with Crippen molar-refractivity contribution in [3.05, 3.63) is 49.9 Å². The Labute approximate surface area is 134 Å². The second-order valence-corrected chi connectivity index (χ2v) is 6.93. The molecule has 1 aliphatic heterocycles. The summed E-state index contributed by atoms with van der Waals surface area (Å²) in [6.07, 6.45) is 0.859. The molecule has 1 amide bonds. The maximum atomic E-state index is 13.4. The van der Waals surface area contributed by atoms with Crippen molar-refractivity contribution in [2.24, 2.45) is 0 Å². The smallest absolute Gasteiger partial charge is 0.255 e. The number of carbonyl (C=O) groups is 1. The molecule has 1 aromatic heterocycles. The molecule has 2 heterocycles. The number of amides is 1. The quantitative estimate of drug-likeness (QED) is 0.773.